The predicted molar refractivity (Wildman–Crippen MR) is 78.2 cm³/mol. The summed E-state index contributed by atoms with van der Waals surface area (Å²) >= 11 is 9.75. The summed E-state index contributed by atoms with van der Waals surface area (Å²) < 4.78 is 0.889. The Morgan fingerprint density at radius 3 is 2.89 bits per heavy atom. The maximum Gasteiger partial charge on any atom is 0.255 e. The van der Waals surface area contributed by atoms with E-state index in [9.17, 15) is 4.79 Å². The Morgan fingerprint density at radius 1 is 1.50 bits per heavy atom. The van der Waals surface area contributed by atoms with Gasteiger partial charge in [-0.1, -0.05) is 19.1 Å². The van der Waals surface area contributed by atoms with Crippen LogP contribution in [0.5, 0.6) is 0 Å². The maximum absolute atomic E-state index is 12.5. The van der Waals surface area contributed by atoms with Crippen LogP contribution in [0.4, 0.5) is 0 Å². The molecule has 1 heterocycles. The van der Waals surface area contributed by atoms with Crippen molar-refractivity contribution in [3.8, 4) is 0 Å². The van der Waals surface area contributed by atoms with Crippen LogP contribution in [-0.2, 0) is 0 Å². The number of benzene rings is 1. The van der Waals surface area contributed by atoms with E-state index in [0.717, 1.165) is 28.6 Å². The van der Waals surface area contributed by atoms with Gasteiger partial charge in [-0.3, -0.25) is 4.79 Å². The first-order chi connectivity index (χ1) is 8.50. The number of carbonyl (C=O) groups is 1. The van der Waals surface area contributed by atoms with Crippen LogP contribution in [-0.4, -0.2) is 29.3 Å². The SMILES string of the molecule is Cc1cccc(C(=O)N2CCC(C)C(Cl)C2)c1Br. The summed E-state index contributed by atoms with van der Waals surface area (Å²) in [7, 11) is 0. The standard InChI is InChI=1S/C14H17BrClNO/c1-9-6-7-17(8-12(9)16)14(18)11-5-3-4-10(2)13(11)15/h3-5,9,12H,6-8H2,1-2H3. The molecule has 0 spiro atoms. The van der Waals surface area contributed by atoms with Gasteiger partial charge in [0.1, 0.15) is 0 Å². The van der Waals surface area contributed by atoms with Crippen molar-refractivity contribution in [1.82, 2.24) is 4.90 Å². The fraction of sp³-hybridized carbons (Fsp3) is 0.500. The first kappa shape index (κ1) is 13.9. The topological polar surface area (TPSA) is 20.3 Å². The maximum atomic E-state index is 12.5. The summed E-state index contributed by atoms with van der Waals surface area (Å²) in [4.78, 5) is 14.3. The fourth-order valence-corrected chi connectivity index (χ4v) is 2.92. The second-order valence-electron chi connectivity index (χ2n) is 4.97. The number of aryl methyl sites for hydroxylation is 1. The van der Waals surface area contributed by atoms with Gasteiger partial charge in [0.2, 0.25) is 0 Å². The van der Waals surface area contributed by atoms with Crippen molar-refractivity contribution in [3.05, 3.63) is 33.8 Å². The van der Waals surface area contributed by atoms with Crippen molar-refractivity contribution in [2.75, 3.05) is 13.1 Å². The Balaban J connectivity index is 2.19. The zero-order valence-electron chi connectivity index (χ0n) is 10.6. The minimum atomic E-state index is 0.0614. The third kappa shape index (κ3) is 2.72. The lowest BCUT2D eigenvalue weighted by Gasteiger charge is -2.34. The number of alkyl halides is 1. The lowest BCUT2D eigenvalue weighted by Crippen LogP contribution is -2.43. The van der Waals surface area contributed by atoms with Crippen molar-refractivity contribution in [3.63, 3.8) is 0 Å². The van der Waals surface area contributed by atoms with E-state index in [4.69, 9.17) is 11.6 Å². The Labute approximate surface area is 121 Å². The highest BCUT2D eigenvalue weighted by atomic mass is 79.9. The molecule has 1 amide bonds. The first-order valence-electron chi connectivity index (χ1n) is 6.19. The second-order valence-corrected chi connectivity index (χ2v) is 6.32. The van der Waals surface area contributed by atoms with Gasteiger partial charge in [0, 0.05) is 17.6 Å². The highest BCUT2D eigenvalue weighted by Crippen LogP contribution is 2.26. The summed E-state index contributed by atoms with van der Waals surface area (Å²) in [6.45, 7) is 5.57. The molecule has 0 bridgehead atoms. The first-order valence-corrected chi connectivity index (χ1v) is 7.42. The minimum Gasteiger partial charge on any atom is -0.337 e. The molecule has 2 atom stereocenters. The molecule has 1 saturated heterocycles. The average molecular weight is 331 g/mol. The average Bonchev–Trinajstić information content (AvgIpc) is 2.35. The highest BCUT2D eigenvalue weighted by molar-refractivity contribution is 9.10. The van der Waals surface area contributed by atoms with Gasteiger partial charge in [-0.2, -0.15) is 0 Å². The third-order valence-electron chi connectivity index (χ3n) is 3.58. The number of hydrogen-bond acceptors (Lipinski definition) is 1. The van der Waals surface area contributed by atoms with Crippen molar-refractivity contribution in [2.45, 2.75) is 25.6 Å². The van der Waals surface area contributed by atoms with Crippen LogP contribution in [0.15, 0.2) is 22.7 Å². The van der Waals surface area contributed by atoms with Crippen molar-refractivity contribution in [1.29, 1.82) is 0 Å². The van der Waals surface area contributed by atoms with E-state index < -0.39 is 0 Å². The minimum absolute atomic E-state index is 0.0614. The van der Waals surface area contributed by atoms with E-state index in [0.29, 0.717) is 12.5 Å². The van der Waals surface area contributed by atoms with Crippen molar-refractivity contribution < 1.29 is 4.79 Å². The molecule has 2 rings (SSSR count). The quantitative estimate of drug-likeness (QED) is 0.716. The molecule has 0 aromatic heterocycles. The van der Waals surface area contributed by atoms with Gasteiger partial charge in [0.15, 0.2) is 0 Å². The molecule has 2 nitrogen and oxygen atoms in total. The Bertz CT molecular complexity index is 463. The molecular weight excluding hydrogens is 314 g/mol. The number of carbonyl (C=O) groups excluding carboxylic acids is 1. The van der Waals surface area contributed by atoms with E-state index in [-0.39, 0.29) is 11.3 Å². The lowest BCUT2D eigenvalue weighted by atomic mass is 9.98. The zero-order chi connectivity index (χ0) is 13.3. The van der Waals surface area contributed by atoms with Crippen LogP contribution in [0, 0.1) is 12.8 Å². The molecule has 1 aliphatic heterocycles. The molecule has 4 heteroatoms. The summed E-state index contributed by atoms with van der Waals surface area (Å²) in [6, 6.07) is 5.77. The molecule has 1 aromatic rings. The van der Waals surface area contributed by atoms with Gasteiger partial charge in [0.05, 0.1) is 10.9 Å². The Kier molecular flexibility index (Phi) is 4.33. The molecule has 1 aliphatic rings. The largest absolute Gasteiger partial charge is 0.337 e. The third-order valence-corrected chi connectivity index (χ3v) is 5.20. The van der Waals surface area contributed by atoms with Crippen LogP contribution in [0.25, 0.3) is 0 Å². The van der Waals surface area contributed by atoms with E-state index in [1.54, 1.807) is 0 Å². The molecule has 0 N–H and O–H groups in total. The van der Waals surface area contributed by atoms with Gasteiger partial charge < -0.3 is 4.90 Å². The number of halogens is 2. The number of likely N-dealkylation sites (tertiary alicyclic amines) is 1. The zero-order valence-corrected chi connectivity index (χ0v) is 13.0. The van der Waals surface area contributed by atoms with Crippen molar-refractivity contribution >= 4 is 33.4 Å². The normalized spacial score (nSPS) is 24.1. The summed E-state index contributed by atoms with van der Waals surface area (Å²) in [5.74, 6) is 0.555. The molecular formula is C14H17BrClNO. The van der Waals surface area contributed by atoms with E-state index in [1.807, 2.05) is 30.0 Å². The van der Waals surface area contributed by atoms with Crippen molar-refractivity contribution in [2.24, 2.45) is 5.92 Å². The van der Waals surface area contributed by atoms with Gasteiger partial charge in [-0.05, 0) is 46.8 Å². The Morgan fingerprint density at radius 2 is 2.22 bits per heavy atom. The van der Waals surface area contributed by atoms with Gasteiger partial charge >= 0.3 is 0 Å². The molecule has 0 radical (unpaired) electrons. The number of rotatable bonds is 1. The monoisotopic (exact) mass is 329 g/mol. The summed E-state index contributed by atoms with van der Waals surface area (Å²) in [5, 5.41) is 0.0614. The molecule has 0 aliphatic carbocycles. The summed E-state index contributed by atoms with van der Waals surface area (Å²) in [5.41, 5.74) is 1.81. The number of hydrogen-bond donors (Lipinski definition) is 0. The fourth-order valence-electron chi connectivity index (χ4n) is 2.19. The van der Waals surface area contributed by atoms with Crippen LogP contribution in [0.3, 0.4) is 0 Å². The van der Waals surface area contributed by atoms with Crippen LogP contribution in [0.1, 0.15) is 29.3 Å². The van der Waals surface area contributed by atoms with Crippen LogP contribution >= 0.6 is 27.5 Å². The summed E-state index contributed by atoms with van der Waals surface area (Å²) in [6.07, 6.45) is 0.976. The van der Waals surface area contributed by atoms with E-state index in [1.165, 1.54) is 0 Å². The molecule has 2 unspecified atom stereocenters. The van der Waals surface area contributed by atoms with E-state index >= 15 is 0 Å². The van der Waals surface area contributed by atoms with E-state index in [2.05, 4.69) is 22.9 Å². The van der Waals surface area contributed by atoms with Gasteiger partial charge in [-0.25, -0.2) is 0 Å². The molecule has 1 aromatic carbocycles. The molecule has 0 saturated carbocycles. The smallest absolute Gasteiger partial charge is 0.255 e. The molecule has 98 valence electrons. The van der Waals surface area contributed by atoms with Gasteiger partial charge in [-0.15, -0.1) is 11.6 Å². The van der Waals surface area contributed by atoms with Crippen LogP contribution in [0.2, 0.25) is 0 Å². The van der Waals surface area contributed by atoms with Crippen LogP contribution < -0.4 is 0 Å². The number of nitrogens with zero attached hydrogens (tertiary/aromatic N) is 1. The molecule has 1 fully saturated rings. The highest BCUT2D eigenvalue weighted by Gasteiger charge is 2.28. The Hall–Kier alpha value is -0.540. The lowest BCUT2D eigenvalue weighted by molar-refractivity contribution is 0.0700. The van der Waals surface area contributed by atoms with Gasteiger partial charge in [0.25, 0.3) is 5.91 Å². The number of amides is 1. The molecule has 18 heavy (non-hydrogen) atoms. The second kappa shape index (κ2) is 5.62. The predicted octanol–water partition coefficient (Wildman–Crippen LogP) is 3.85. The number of piperidine rings is 1.